The minimum atomic E-state index is -0.566. The van der Waals surface area contributed by atoms with Gasteiger partial charge in [0, 0.05) is 17.8 Å². The molecule has 156 valence electrons. The fraction of sp³-hybridized carbons (Fsp3) is 0.217. The number of fused-ring (bicyclic) bond motifs is 1. The molecule has 3 N–H and O–H groups in total. The van der Waals surface area contributed by atoms with Crippen LogP contribution in [0, 0.1) is 25.2 Å². The van der Waals surface area contributed by atoms with Crippen molar-refractivity contribution in [2.45, 2.75) is 26.9 Å². The Morgan fingerprint density at radius 1 is 1.10 bits per heavy atom. The molecule has 31 heavy (non-hydrogen) atoms. The van der Waals surface area contributed by atoms with Crippen molar-refractivity contribution in [2.75, 3.05) is 11.9 Å². The number of amides is 3. The van der Waals surface area contributed by atoms with Crippen molar-refractivity contribution in [3.05, 3.63) is 70.4 Å². The Hall–Kier alpha value is -4.12. The number of nitriles is 1. The van der Waals surface area contributed by atoms with Gasteiger partial charge >= 0.3 is 6.03 Å². The fourth-order valence-electron chi connectivity index (χ4n) is 3.67. The normalized spacial score (nSPS) is 12.7. The van der Waals surface area contributed by atoms with Crippen LogP contribution in [-0.2, 0) is 13.1 Å². The Balaban J connectivity index is 1.61. The molecule has 0 atom stereocenters. The molecule has 1 aromatic heterocycles. The third-order valence-corrected chi connectivity index (χ3v) is 5.56. The van der Waals surface area contributed by atoms with Gasteiger partial charge in [-0.1, -0.05) is 12.1 Å². The SMILES string of the molecule is Cc1ccc(-c2nn3c(c2C(N)=O)CN(C(=O)Nc2ccc(C#N)cc2)CC3)cc1C. The van der Waals surface area contributed by atoms with E-state index in [1.807, 2.05) is 38.1 Å². The minimum absolute atomic E-state index is 0.220. The first-order valence-electron chi connectivity index (χ1n) is 9.90. The number of rotatable bonds is 3. The van der Waals surface area contributed by atoms with Crippen LogP contribution >= 0.6 is 0 Å². The summed E-state index contributed by atoms with van der Waals surface area (Å²) in [6, 6.07) is 14.3. The number of hydrogen-bond acceptors (Lipinski definition) is 4. The molecule has 8 nitrogen and oxygen atoms in total. The van der Waals surface area contributed by atoms with E-state index in [2.05, 4.69) is 10.4 Å². The molecule has 0 saturated carbocycles. The molecular weight excluding hydrogens is 392 g/mol. The lowest BCUT2D eigenvalue weighted by Gasteiger charge is -2.28. The molecule has 2 heterocycles. The summed E-state index contributed by atoms with van der Waals surface area (Å²) < 4.78 is 1.76. The van der Waals surface area contributed by atoms with E-state index in [0.717, 1.165) is 16.7 Å². The number of nitrogens with zero attached hydrogens (tertiary/aromatic N) is 4. The zero-order valence-electron chi connectivity index (χ0n) is 17.3. The highest BCUT2D eigenvalue weighted by Crippen LogP contribution is 2.29. The molecule has 0 aliphatic carbocycles. The first-order chi connectivity index (χ1) is 14.9. The average Bonchev–Trinajstić information content (AvgIpc) is 3.15. The van der Waals surface area contributed by atoms with Gasteiger partial charge in [0.1, 0.15) is 5.69 Å². The smallest absolute Gasteiger partial charge is 0.322 e. The fourth-order valence-corrected chi connectivity index (χ4v) is 3.67. The van der Waals surface area contributed by atoms with Crippen LogP contribution in [0.2, 0.25) is 0 Å². The van der Waals surface area contributed by atoms with Crippen molar-refractivity contribution in [1.82, 2.24) is 14.7 Å². The predicted octanol–water partition coefficient (Wildman–Crippen LogP) is 3.19. The van der Waals surface area contributed by atoms with Crippen LogP contribution in [0.3, 0.4) is 0 Å². The van der Waals surface area contributed by atoms with Crippen molar-refractivity contribution in [2.24, 2.45) is 5.73 Å². The number of urea groups is 1. The maximum Gasteiger partial charge on any atom is 0.322 e. The highest BCUT2D eigenvalue weighted by atomic mass is 16.2. The lowest BCUT2D eigenvalue weighted by molar-refractivity contribution is 0.0997. The number of primary amides is 1. The number of aryl methyl sites for hydroxylation is 2. The molecule has 0 radical (unpaired) electrons. The molecule has 8 heteroatoms. The van der Waals surface area contributed by atoms with Crippen molar-refractivity contribution in [3.8, 4) is 17.3 Å². The van der Waals surface area contributed by atoms with Gasteiger partial charge in [-0.05, 0) is 55.3 Å². The lowest BCUT2D eigenvalue weighted by Crippen LogP contribution is -2.41. The second-order valence-corrected chi connectivity index (χ2v) is 7.60. The molecule has 3 aromatic rings. The number of anilines is 1. The average molecular weight is 414 g/mol. The summed E-state index contributed by atoms with van der Waals surface area (Å²) in [4.78, 5) is 26.7. The number of carbonyl (C=O) groups is 2. The van der Waals surface area contributed by atoms with E-state index < -0.39 is 5.91 Å². The van der Waals surface area contributed by atoms with E-state index in [1.54, 1.807) is 33.8 Å². The Morgan fingerprint density at radius 3 is 2.48 bits per heavy atom. The summed E-state index contributed by atoms with van der Waals surface area (Å²) in [5.41, 5.74) is 11.4. The third kappa shape index (κ3) is 3.85. The van der Waals surface area contributed by atoms with Gasteiger partial charge in [0.05, 0.1) is 36.0 Å². The van der Waals surface area contributed by atoms with E-state index in [0.29, 0.717) is 41.3 Å². The zero-order chi connectivity index (χ0) is 22.1. The van der Waals surface area contributed by atoms with Crippen LogP contribution in [0.15, 0.2) is 42.5 Å². The van der Waals surface area contributed by atoms with E-state index in [1.165, 1.54) is 0 Å². The van der Waals surface area contributed by atoms with Crippen LogP contribution in [-0.4, -0.2) is 33.2 Å². The van der Waals surface area contributed by atoms with Crippen molar-refractivity contribution in [1.29, 1.82) is 5.26 Å². The number of benzene rings is 2. The Morgan fingerprint density at radius 2 is 1.84 bits per heavy atom. The molecule has 0 fully saturated rings. The van der Waals surface area contributed by atoms with Crippen LogP contribution in [0.4, 0.5) is 10.5 Å². The second-order valence-electron chi connectivity index (χ2n) is 7.60. The summed E-state index contributed by atoms with van der Waals surface area (Å²) in [5.74, 6) is -0.566. The van der Waals surface area contributed by atoms with Crippen molar-refractivity contribution in [3.63, 3.8) is 0 Å². The Kier molecular flexibility index (Phi) is 5.17. The van der Waals surface area contributed by atoms with Crippen LogP contribution in [0.1, 0.15) is 32.7 Å². The number of hydrogen-bond donors (Lipinski definition) is 2. The number of carbonyl (C=O) groups excluding carboxylic acids is 2. The van der Waals surface area contributed by atoms with Gasteiger partial charge in [-0.25, -0.2) is 4.79 Å². The quantitative estimate of drug-likeness (QED) is 0.684. The van der Waals surface area contributed by atoms with E-state index in [9.17, 15) is 9.59 Å². The molecule has 4 rings (SSSR count). The maximum atomic E-state index is 12.8. The van der Waals surface area contributed by atoms with Crippen LogP contribution < -0.4 is 11.1 Å². The Bertz CT molecular complexity index is 1220. The largest absolute Gasteiger partial charge is 0.365 e. The van der Waals surface area contributed by atoms with E-state index >= 15 is 0 Å². The first-order valence-corrected chi connectivity index (χ1v) is 9.90. The number of aromatic nitrogens is 2. The standard InChI is InChI=1S/C23H22N6O2/c1-14-3-6-17(11-15(14)2)21-20(22(25)30)19-13-28(9-10-29(19)27-21)23(31)26-18-7-4-16(12-24)5-8-18/h3-8,11H,9-10,13H2,1-2H3,(H2,25,30)(H,26,31). The summed E-state index contributed by atoms with van der Waals surface area (Å²) in [6.07, 6.45) is 0. The van der Waals surface area contributed by atoms with Gasteiger partial charge in [0.25, 0.3) is 5.91 Å². The third-order valence-electron chi connectivity index (χ3n) is 5.56. The minimum Gasteiger partial charge on any atom is -0.365 e. The first kappa shape index (κ1) is 20.2. The van der Waals surface area contributed by atoms with Gasteiger partial charge < -0.3 is 16.0 Å². The molecule has 0 bridgehead atoms. The lowest BCUT2D eigenvalue weighted by atomic mass is 10.0. The van der Waals surface area contributed by atoms with Crippen molar-refractivity contribution < 1.29 is 9.59 Å². The maximum absolute atomic E-state index is 12.8. The molecule has 1 aliphatic heterocycles. The molecular formula is C23H22N6O2. The zero-order valence-corrected chi connectivity index (χ0v) is 17.3. The summed E-state index contributed by atoms with van der Waals surface area (Å²) >= 11 is 0. The molecule has 0 unspecified atom stereocenters. The van der Waals surface area contributed by atoms with Crippen LogP contribution in [0.25, 0.3) is 11.3 Å². The number of nitrogens with two attached hydrogens (primary N) is 1. The van der Waals surface area contributed by atoms with Gasteiger partial charge in [0.2, 0.25) is 0 Å². The van der Waals surface area contributed by atoms with Gasteiger partial charge in [-0.15, -0.1) is 0 Å². The summed E-state index contributed by atoms with van der Waals surface area (Å²) in [5, 5.41) is 16.4. The molecule has 2 aromatic carbocycles. The van der Waals surface area contributed by atoms with Gasteiger partial charge in [0.15, 0.2) is 0 Å². The molecule has 0 spiro atoms. The van der Waals surface area contributed by atoms with Crippen LogP contribution in [0.5, 0.6) is 0 Å². The highest BCUT2D eigenvalue weighted by molar-refractivity contribution is 6.00. The molecule has 1 aliphatic rings. The van der Waals surface area contributed by atoms with Gasteiger partial charge in [-0.3, -0.25) is 9.48 Å². The highest BCUT2D eigenvalue weighted by Gasteiger charge is 2.29. The van der Waals surface area contributed by atoms with E-state index in [4.69, 9.17) is 11.0 Å². The van der Waals surface area contributed by atoms with Crippen molar-refractivity contribution >= 4 is 17.6 Å². The van der Waals surface area contributed by atoms with E-state index in [-0.39, 0.29) is 12.6 Å². The molecule has 3 amide bonds. The second kappa shape index (κ2) is 7.95. The summed E-state index contributed by atoms with van der Waals surface area (Å²) in [7, 11) is 0. The van der Waals surface area contributed by atoms with Gasteiger partial charge in [-0.2, -0.15) is 10.4 Å². The topological polar surface area (TPSA) is 117 Å². The summed E-state index contributed by atoms with van der Waals surface area (Å²) in [6.45, 7) is 5.16. The molecule has 0 saturated heterocycles. The predicted molar refractivity (Wildman–Crippen MR) is 116 cm³/mol. The Labute approximate surface area is 179 Å². The monoisotopic (exact) mass is 414 g/mol. The number of nitrogens with one attached hydrogen (secondary N) is 1.